The van der Waals surface area contributed by atoms with Crippen molar-refractivity contribution in [1.29, 1.82) is 0 Å². The summed E-state index contributed by atoms with van der Waals surface area (Å²) in [5.41, 5.74) is 0. The second kappa shape index (κ2) is 45.4. The topological polar surface area (TPSA) is 95.9 Å². The highest BCUT2D eigenvalue weighted by Gasteiger charge is 2.24. The molecule has 0 aromatic heterocycles. The predicted octanol–water partition coefficient (Wildman–Crippen LogP) is 14.2. The molecular weight excluding hydrogens is 719 g/mol. The molecule has 0 rings (SSSR count). The standard InChI is InChI=1S/C52H91NO5/c1-4-7-10-13-16-19-22-24-25-27-29-32-35-38-41-44-50(55)49(47-54)53-51(56)46-48(43-40-37-34-31-28-21-18-15-12-9-6-3)58-52(57)45-42-39-36-33-30-26-23-20-17-14-11-8-5-2/h8,11,14,17,20,23,26,30-31,33-34,36,48-50,54-55H,4-7,9-10,12-13,15-16,18-19,21-22,24-25,27-29,32,35,37-47H2,1-3H3,(H,53,56)/b11-8+,17-14+,23-20-,30-26-,34-31-,36-33+. The van der Waals surface area contributed by atoms with Gasteiger partial charge < -0.3 is 20.3 Å². The van der Waals surface area contributed by atoms with Crippen LogP contribution in [0.2, 0.25) is 0 Å². The molecule has 6 nitrogen and oxygen atoms in total. The van der Waals surface area contributed by atoms with E-state index in [1.54, 1.807) is 0 Å². The number of hydrogen-bond acceptors (Lipinski definition) is 5. The van der Waals surface area contributed by atoms with Gasteiger partial charge in [0.1, 0.15) is 6.10 Å². The summed E-state index contributed by atoms with van der Waals surface area (Å²) >= 11 is 0. The van der Waals surface area contributed by atoms with Crippen LogP contribution in [-0.2, 0) is 14.3 Å². The first-order valence-electron chi connectivity index (χ1n) is 24.2. The summed E-state index contributed by atoms with van der Waals surface area (Å²) < 4.78 is 5.85. The van der Waals surface area contributed by atoms with Crippen LogP contribution in [0.5, 0.6) is 0 Å². The zero-order valence-electron chi connectivity index (χ0n) is 37.9. The number of allylic oxidation sites excluding steroid dienone is 12. The molecule has 0 aliphatic carbocycles. The highest BCUT2D eigenvalue weighted by molar-refractivity contribution is 5.77. The fraction of sp³-hybridized carbons (Fsp3) is 0.731. The maximum atomic E-state index is 13.1. The summed E-state index contributed by atoms with van der Waals surface area (Å²) in [4.78, 5) is 26.0. The average Bonchev–Trinajstić information content (AvgIpc) is 3.22. The van der Waals surface area contributed by atoms with E-state index in [0.29, 0.717) is 19.3 Å². The molecule has 0 saturated carbocycles. The molecule has 334 valence electrons. The monoisotopic (exact) mass is 810 g/mol. The molecule has 0 radical (unpaired) electrons. The first kappa shape index (κ1) is 55.3. The van der Waals surface area contributed by atoms with E-state index in [0.717, 1.165) is 51.4 Å². The van der Waals surface area contributed by atoms with Crippen molar-refractivity contribution < 1.29 is 24.5 Å². The van der Waals surface area contributed by atoms with Gasteiger partial charge in [0.15, 0.2) is 0 Å². The van der Waals surface area contributed by atoms with Crippen LogP contribution >= 0.6 is 0 Å². The molecule has 0 aliphatic heterocycles. The van der Waals surface area contributed by atoms with Gasteiger partial charge in [-0.1, -0.05) is 222 Å². The van der Waals surface area contributed by atoms with Crippen LogP contribution in [0.4, 0.5) is 0 Å². The van der Waals surface area contributed by atoms with Crippen LogP contribution in [0.3, 0.4) is 0 Å². The van der Waals surface area contributed by atoms with Gasteiger partial charge in [-0.2, -0.15) is 0 Å². The minimum absolute atomic E-state index is 0.0255. The molecule has 0 aliphatic rings. The molecule has 0 saturated heterocycles. The van der Waals surface area contributed by atoms with Crippen molar-refractivity contribution in [2.75, 3.05) is 6.61 Å². The van der Waals surface area contributed by atoms with Crippen LogP contribution in [0, 0.1) is 0 Å². The van der Waals surface area contributed by atoms with E-state index in [1.807, 2.05) is 54.7 Å². The number of carbonyl (C=O) groups excluding carboxylic acids is 2. The summed E-state index contributed by atoms with van der Waals surface area (Å²) in [5, 5.41) is 23.7. The molecular formula is C52H91NO5. The van der Waals surface area contributed by atoms with Gasteiger partial charge in [0.25, 0.3) is 0 Å². The normalized spacial score (nSPS) is 13.9. The number of nitrogens with one attached hydrogen (secondary N) is 1. The van der Waals surface area contributed by atoms with Crippen LogP contribution in [0.1, 0.15) is 220 Å². The largest absolute Gasteiger partial charge is 0.462 e. The number of rotatable bonds is 42. The molecule has 0 aromatic rings. The molecule has 58 heavy (non-hydrogen) atoms. The summed E-state index contributed by atoms with van der Waals surface area (Å²) in [6.07, 6.45) is 56.8. The Bertz CT molecular complexity index is 1090. The molecule has 3 unspecified atom stereocenters. The van der Waals surface area contributed by atoms with E-state index in [9.17, 15) is 19.8 Å². The smallest absolute Gasteiger partial charge is 0.306 e. The fourth-order valence-electron chi connectivity index (χ4n) is 6.99. The van der Waals surface area contributed by atoms with E-state index in [4.69, 9.17) is 4.74 Å². The lowest BCUT2D eigenvalue weighted by Gasteiger charge is -2.24. The highest BCUT2D eigenvalue weighted by atomic mass is 16.5. The lowest BCUT2D eigenvalue weighted by molar-refractivity contribution is -0.151. The number of amides is 1. The predicted molar refractivity (Wildman–Crippen MR) is 250 cm³/mol. The molecule has 6 heteroatoms. The molecule has 1 amide bonds. The van der Waals surface area contributed by atoms with Gasteiger partial charge in [0.2, 0.25) is 5.91 Å². The Morgan fingerprint density at radius 3 is 1.48 bits per heavy atom. The van der Waals surface area contributed by atoms with Gasteiger partial charge in [-0.15, -0.1) is 0 Å². The minimum atomic E-state index is -0.808. The lowest BCUT2D eigenvalue weighted by atomic mass is 10.0. The number of ether oxygens (including phenoxy) is 1. The number of carbonyl (C=O) groups is 2. The Morgan fingerprint density at radius 2 is 0.966 bits per heavy atom. The van der Waals surface area contributed by atoms with E-state index >= 15 is 0 Å². The summed E-state index contributed by atoms with van der Waals surface area (Å²) in [6.45, 7) is 6.29. The van der Waals surface area contributed by atoms with Crippen molar-refractivity contribution in [3.05, 3.63) is 72.9 Å². The third-order valence-corrected chi connectivity index (χ3v) is 10.6. The molecule has 3 atom stereocenters. The van der Waals surface area contributed by atoms with Crippen molar-refractivity contribution >= 4 is 11.9 Å². The zero-order chi connectivity index (χ0) is 42.4. The maximum Gasteiger partial charge on any atom is 0.306 e. The second-order valence-corrected chi connectivity index (χ2v) is 16.2. The third-order valence-electron chi connectivity index (χ3n) is 10.6. The molecule has 0 aromatic carbocycles. The van der Waals surface area contributed by atoms with Crippen molar-refractivity contribution in [2.24, 2.45) is 0 Å². The van der Waals surface area contributed by atoms with Crippen LogP contribution < -0.4 is 5.32 Å². The first-order valence-corrected chi connectivity index (χ1v) is 24.2. The Morgan fingerprint density at radius 1 is 0.517 bits per heavy atom. The van der Waals surface area contributed by atoms with Crippen molar-refractivity contribution in [3.8, 4) is 0 Å². The fourth-order valence-corrected chi connectivity index (χ4v) is 6.99. The molecule has 0 spiro atoms. The van der Waals surface area contributed by atoms with E-state index in [1.165, 1.54) is 116 Å². The Hall–Kier alpha value is -2.70. The summed E-state index contributed by atoms with van der Waals surface area (Å²) in [6, 6.07) is -0.726. The van der Waals surface area contributed by atoms with Crippen LogP contribution in [-0.4, -0.2) is 46.9 Å². The summed E-state index contributed by atoms with van der Waals surface area (Å²) in [7, 11) is 0. The quantitative estimate of drug-likeness (QED) is 0.0247. The number of unbranched alkanes of at least 4 members (excludes halogenated alkanes) is 22. The van der Waals surface area contributed by atoms with Gasteiger partial charge in [0.05, 0.1) is 25.2 Å². The van der Waals surface area contributed by atoms with Crippen LogP contribution in [0.25, 0.3) is 0 Å². The van der Waals surface area contributed by atoms with Gasteiger partial charge in [-0.3, -0.25) is 9.59 Å². The summed E-state index contributed by atoms with van der Waals surface area (Å²) in [5.74, 6) is -0.596. The number of aliphatic hydroxyl groups is 2. The van der Waals surface area contributed by atoms with Crippen molar-refractivity contribution in [1.82, 2.24) is 5.32 Å². The van der Waals surface area contributed by atoms with Crippen molar-refractivity contribution in [3.63, 3.8) is 0 Å². The highest BCUT2D eigenvalue weighted by Crippen LogP contribution is 2.17. The molecule has 0 fully saturated rings. The van der Waals surface area contributed by atoms with Gasteiger partial charge in [-0.25, -0.2) is 0 Å². The minimum Gasteiger partial charge on any atom is -0.462 e. The number of hydrogen-bond donors (Lipinski definition) is 3. The van der Waals surface area contributed by atoms with Crippen molar-refractivity contribution in [2.45, 2.75) is 238 Å². The Labute approximate surface area is 358 Å². The second-order valence-electron chi connectivity index (χ2n) is 16.2. The molecule has 3 N–H and O–H groups in total. The third kappa shape index (κ3) is 40.1. The average molecular weight is 810 g/mol. The van der Waals surface area contributed by atoms with Gasteiger partial charge >= 0.3 is 5.97 Å². The SMILES string of the molecule is CC/C=C/C=C/C=C\C=C/C=C/CCCC(=O)OC(CCC/C=C\CCCCCCCC)CC(=O)NC(CO)C(O)CCCCCCCCCCCCCCCCC. The molecule has 0 bridgehead atoms. The maximum absolute atomic E-state index is 13.1. The Kier molecular flexibility index (Phi) is 43.3. The van der Waals surface area contributed by atoms with E-state index in [-0.39, 0.29) is 31.3 Å². The number of esters is 1. The van der Waals surface area contributed by atoms with Gasteiger partial charge in [-0.05, 0) is 57.8 Å². The van der Waals surface area contributed by atoms with E-state index in [2.05, 4.69) is 44.3 Å². The zero-order valence-corrected chi connectivity index (χ0v) is 37.9. The number of aliphatic hydroxyl groups excluding tert-OH is 2. The van der Waals surface area contributed by atoms with Crippen LogP contribution in [0.15, 0.2) is 72.9 Å². The first-order chi connectivity index (χ1) is 28.5. The molecule has 0 heterocycles. The lowest BCUT2D eigenvalue weighted by Crippen LogP contribution is -2.46. The van der Waals surface area contributed by atoms with Gasteiger partial charge in [0, 0.05) is 6.42 Å². The van der Waals surface area contributed by atoms with E-state index < -0.39 is 18.2 Å². The Balaban J connectivity index is 4.66.